The molecule has 0 bridgehead atoms. The fourth-order valence-electron chi connectivity index (χ4n) is 2.82. The van der Waals surface area contributed by atoms with Gasteiger partial charge >= 0.3 is 0 Å². The van der Waals surface area contributed by atoms with Crippen LogP contribution in [-0.2, 0) is 9.59 Å². The van der Waals surface area contributed by atoms with E-state index in [2.05, 4.69) is 20.8 Å². The molecule has 2 aromatic carbocycles. The summed E-state index contributed by atoms with van der Waals surface area (Å²) in [6.45, 7) is 5.77. The van der Waals surface area contributed by atoms with E-state index in [0.29, 0.717) is 5.13 Å². The van der Waals surface area contributed by atoms with Crippen molar-refractivity contribution in [3.05, 3.63) is 71.8 Å². The molecule has 30 heavy (non-hydrogen) atoms. The van der Waals surface area contributed by atoms with E-state index in [0.717, 1.165) is 21.7 Å². The molecule has 0 aliphatic carbocycles. The second-order valence-electron chi connectivity index (χ2n) is 7.25. The normalized spacial score (nSPS) is 12.1. The molecule has 1 atom stereocenters. The number of benzene rings is 2. The average Bonchev–Trinajstić information content (AvgIpc) is 3.19. The second kappa shape index (κ2) is 9.93. The summed E-state index contributed by atoms with van der Waals surface area (Å²) in [6.07, 6.45) is 3.14. The number of carbonyl (C=O) groups excluding carboxylic acids is 2. The lowest BCUT2D eigenvalue weighted by molar-refractivity contribution is -0.124. The zero-order valence-corrected chi connectivity index (χ0v) is 17.9. The highest BCUT2D eigenvalue weighted by molar-refractivity contribution is 7.18. The lowest BCUT2D eigenvalue weighted by atomic mass is 10.0. The number of hydrogen-bond donors (Lipinski definition) is 2. The standard InChI is InChI=1S/C23H24N4O2S/c1-15(2)20(24-19(28)13-12-17-9-5-4-6-10-17)21(29)25-23-27-26-22(30-23)18-11-7-8-16(3)14-18/h4-15,20H,1-3H3,(H,24,28)(H,25,27,29). The van der Waals surface area contributed by atoms with E-state index in [9.17, 15) is 9.59 Å². The van der Waals surface area contributed by atoms with E-state index >= 15 is 0 Å². The number of nitrogens with one attached hydrogen (secondary N) is 2. The Balaban J connectivity index is 1.64. The molecule has 3 rings (SSSR count). The van der Waals surface area contributed by atoms with Gasteiger partial charge in [-0.3, -0.25) is 14.9 Å². The molecule has 2 amide bonds. The quantitative estimate of drug-likeness (QED) is 0.558. The maximum absolute atomic E-state index is 12.8. The molecule has 0 aliphatic heterocycles. The van der Waals surface area contributed by atoms with Crippen LogP contribution in [0, 0.1) is 12.8 Å². The van der Waals surface area contributed by atoms with Gasteiger partial charge in [-0.25, -0.2) is 0 Å². The molecule has 3 aromatic rings. The van der Waals surface area contributed by atoms with E-state index in [-0.39, 0.29) is 17.7 Å². The molecule has 0 radical (unpaired) electrons. The minimum absolute atomic E-state index is 0.0942. The number of anilines is 1. The Kier molecular flexibility index (Phi) is 7.08. The number of hydrogen-bond acceptors (Lipinski definition) is 5. The van der Waals surface area contributed by atoms with Gasteiger partial charge in [0, 0.05) is 11.6 Å². The van der Waals surface area contributed by atoms with E-state index < -0.39 is 6.04 Å². The van der Waals surface area contributed by atoms with Crippen LogP contribution in [0.1, 0.15) is 25.0 Å². The lowest BCUT2D eigenvalue weighted by Crippen LogP contribution is -2.46. The van der Waals surface area contributed by atoms with Crippen LogP contribution in [-0.4, -0.2) is 28.1 Å². The van der Waals surface area contributed by atoms with Gasteiger partial charge in [0.2, 0.25) is 16.9 Å². The third-order valence-corrected chi connectivity index (χ3v) is 5.28. The Morgan fingerprint density at radius 3 is 2.50 bits per heavy atom. The maximum atomic E-state index is 12.8. The van der Waals surface area contributed by atoms with Crippen molar-refractivity contribution in [2.45, 2.75) is 26.8 Å². The molecule has 2 N–H and O–H groups in total. The summed E-state index contributed by atoms with van der Waals surface area (Å²) in [5.41, 5.74) is 2.99. The number of aryl methyl sites for hydroxylation is 1. The summed E-state index contributed by atoms with van der Waals surface area (Å²) in [7, 11) is 0. The van der Waals surface area contributed by atoms with Gasteiger partial charge in [0.1, 0.15) is 11.0 Å². The van der Waals surface area contributed by atoms with Crippen molar-refractivity contribution in [1.29, 1.82) is 0 Å². The maximum Gasteiger partial charge on any atom is 0.249 e. The SMILES string of the molecule is Cc1cccc(-c2nnc(NC(=O)C(NC(=O)C=Cc3ccccc3)C(C)C)s2)c1. The first-order valence-corrected chi connectivity index (χ1v) is 10.5. The molecule has 7 heteroatoms. The average molecular weight is 421 g/mol. The predicted molar refractivity (Wildman–Crippen MR) is 121 cm³/mol. The minimum Gasteiger partial charge on any atom is -0.340 e. The highest BCUT2D eigenvalue weighted by Gasteiger charge is 2.24. The highest BCUT2D eigenvalue weighted by Crippen LogP contribution is 2.27. The second-order valence-corrected chi connectivity index (χ2v) is 8.22. The van der Waals surface area contributed by atoms with Crippen LogP contribution >= 0.6 is 11.3 Å². The van der Waals surface area contributed by atoms with Gasteiger partial charge in [-0.2, -0.15) is 0 Å². The van der Waals surface area contributed by atoms with Crippen molar-refractivity contribution >= 4 is 34.4 Å². The molecule has 154 valence electrons. The lowest BCUT2D eigenvalue weighted by Gasteiger charge is -2.20. The topological polar surface area (TPSA) is 84.0 Å². The molecule has 1 unspecified atom stereocenters. The number of aromatic nitrogens is 2. The van der Waals surface area contributed by atoms with Crippen molar-refractivity contribution in [1.82, 2.24) is 15.5 Å². The van der Waals surface area contributed by atoms with Crippen LogP contribution in [0.4, 0.5) is 5.13 Å². The molecule has 0 saturated carbocycles. The van der Waals surface area contributed by atoms with Crippen LogP contribution in [0.15, 0.2) is 60.7 Å². The van der Waals surface area contributed by atoms with Crippen LogP contribution in [0.3, 0.4) is 0 Å². The summed E-state index contributed by atoms with van der Waals surface area (Å²) in [5, 5.41) is 14.9. The summed E-state index contributed by atoms with van der Waals surface area (Å²) in [6, 6.07) is 16.8. The Hall–Kier alpha value is -3.32. The predicted octanol–water partition coefficient (Wildman–Crippen LogP) is 4.31. The van der Waals surface area contributed by atoms with Crippen LogP contribution < -0.4 is 10.6 Å². The largest absolute Gasteiger partial charge is 0.340 e. The first-order valence-electron chi connectivity index (χ1n) is 9.67. The van der Waals surface area contributed by atoms with Crippen molar-refractivity contribution in [3.63, 3.8) is 0 Å². The van der Waals surface area contributed by atoms with Gasteiger partial charge in [-0.1, -0.05) is 79.3 Å². The zero-order chi connectivity index (χ0) is 21.5. The number of amides is 2. The van der Waals surface area contributed by atoms with E-state index in [1.807, 2.05) is 75.4 Å². The summed E-state index contributed by atoms with van der Waals surface area (Å²) in [4.78, 5) is 25.1. The molecule has 1 aromatic heterocycles. The molecular formula is C23H24N4O2S. The van der Waals surface area contributed by atoms with Crippen LogP contribution in [0.5, 0.6) is 0 Å². The van der Waals surface area contributed by atoms with Gasteiger partial charge in [0.25, 0.3) is 0 Å². The van der Waals surface area contributed by atoms with Gasteiger partial charge in [0.15, 0.2) is 0 Å². The monoisotopic (exact) mass is 420 g/mol. The Labute approximate surface area is 180 Å². The zero-order valence-electron chi connectivity index (χ0n) is 17.1. The molecular weight excluding hydrogens is 396 g/mol. The third-order valence-electron chi connectivity index (χ3n) is 4.39. The van der Waals surface area contributed by atoms with Crippen LogP contribution in [0.2, 0.25) is 0 Å². The summed E-state index contributed by atoms with van der Waals surface area (Å²) in [5.74, 6) is -0.743. The Bertz CT molecular complexity index is 1040. The van der Waals surface area contributed by atoms with Gasteiger partial charge in [0.05, 0.1) is 0 Å². The fourth-order valence-corrected chi connectivity index (χ4v) is 3.57. The molecule has 1 heterocycles. The van der Waals surface area contributed by atoms with Crippen molar-refractivity contribution in [3.8, 4) is 10.6 Å². The molecule has 0 aliphatic rings. The molecule has 0 saturated heterocycles. The van der Waals surface area contributed by atoms with Gasteiger partial charge in [-0.15, -0.1) is 10.2 Å². The first kappa shape index (κ1) is 21.4. The fraction of sp³-hybridized carbons (Fsp3) is 0.217. The van der Waals surface area contributed by atoms with Crippen molar-refractivity contribution in [2.24, 2.45) is 5.92 Å². The summed E-state index contributed by atoms with van der Waals surface area (Å²) >= 11 is 1.30. The third kappa shape index (κ3) is 5.84. The number of carbonyl (C=O) groups is 2. The molecule has 0 spiro atoms. The Morgan fingerprint density at radius 2 is 1.80 bits per heavy atom. The van der Waals surface area contributed by atoms with Crippen molar-refractivity contribution in [2.75, 3.05) is 5.32 Å². The summed E-state index contributed by atoms with van der Waals surface area (Å²) < 4.78 is 0. The van der Waals surface area contributed by atoms with Crippen LogP contribution in [0.25, 0.3) is 16.6 Å². The smallest absolute Gasteiger partial charge is 0.249 e. The van der Waals surface area contributed by atoms with E-state index in [1.165, 1.54) is 17.4 Å². The highest BCUT2D eigenvalue weighted by atomic mass is 32.1. The van der Waals surface area contributed by atoms with E-state index in [1.54, 1.807) is 6.08 Å². The van der Waals surface area contributed by atoms with Crippen molar-refractivity contribution < 1.29 is 9.59 Å². The number of rotatable bonds is 7. The van der Waals surface area contributed by atoms with E-state index in [4.69, 9.17) is 0 Å². The Morgan fingerprint density at radius 1 is 1.03 bits per heavy atom. The molecule has 6 nitrogen and oxygen atoms in total. The minimum atomic E-state index is -0.691. The molecule has 0 fully saturated rings. The van der Waals surface area contributed by atoms with Gasteiger partial charge < -0.3 is 5.32 Å². The number of nitrogens with zero attached hydrogens (tertiary/aromatic N) is 2. The first-order chi connectivity index (χ1) is 14.4. The van der Waals surface area contributed by atoms with Gasteiger partial charge in [-0.05, 0) is 30.5 Å².